The summed E-state index contributed by atoms with van der Waals surface area (Å²) in [5.74, 6) is -0.610. The van der Waals surface area contributed by atoms with Crippen molar-refractivity contribution in [2.24, 2.45) is 0 Å². The molecule has 1 aromatic heterocycles. The highest BCUT2D eigenvalue weighted by atomic mass is 16.5. The van der Waals surface area contributed by atoms with Gasteiger partial charge in [0.25, 0.3) is 5.82 Å². The van der Waals surface area contributed by atoms with Gasteiger partial charge in [0.2, 0.25) is 0 Å². The highest BCUT2D eigenvalue weighted by Crippen LogP contribution is 2.20. The first-order valence-electron chi connectivity index (χ1n) is 5.41. The van der Waals surface area contributed by atoms with Gasteiger partial charge in [0.1, 0.15) is 6.33 Å². The zero-order valence-electron chi connectivity index (χ0n) is 10.1. The fraction of sp³-hybridized carbons (Fsp3) is 0.250. The summed E-state index contributed by atoms with van der Waals surface area (Å²) in [5, 5.41) is 13.7. The minimum absolute atomic E-state index is 0.0158. The fourth-order valence-electron chi connectivity index (χ4n) is 1.61. The number of carbonyl (C=O) groups is 1. The molecular formula is C12H13N3O3. The molecule has 0 unspecified atom stereocenters. The Hall–Kier alpha value is -2.21. The lowest BCUT2D eigenvalue weighted by molar-refractivity contribution is 0.0587. The van der Waals surface area contributed by atoms with Crippen molar-refractivity contribution in [3.8, 4) is 5.69 Å². The van der Waals surface area contributed by atoms with Gasteiger partial charge in [0.15, 0.2) is 0 Å². The second-order valence-corrected chi connectivity index (χ2v) is 3.74. The van der Waals surface area contributed by atoms with E-state index in [0.29, 0.717) is 11.3 Å². The molecule has 1 N–H and O–H groups in total. The fourth-order valence-corrected chi connectivity index (χ4v) is 1.61. The molecule has 0 aliphatic carbocycles. The normalized spacial score (nSPS) is 12.2. The van der Waals surface area contributed by atoms with Crippen LogP contribution in [0.5, 0.6) is 0 Å². The van der Waals surface area contributed by atoms with E-state index in [-0.39, 0.29) is 5.82 Å². The van der Waals surface area contributed by atoms with Gasteiger partial charge in [-0.2, -0.15) is 0 Å². The summed E-state index contributed by atoms with van der Waals surface area (Å²) in [6.45, 7) is 1.66. The molecule has 0 saturated carbocycles. The molecule has 0 radical (unpaired) electrons. The summed E-state index contributed by atoms with van der Waals surface area (Å²) in [7, 11) is 1.27. The Balaban J connectivity index is 2.43. The monoisotopic (exact) mass is 247 g/mol. The highest BCUT2D eigenvalue weighted by Gasteiger charge is 2.14. The summed E-state index contributed by atoms with van der Waals surface area (Å²) < 4.78 is 5.98. The van der Waals surface area contributed by atoms with Gasteiger partial charge in [-0.15, -0.1) is 5.10 Å². The van der Waals surface area contributed by atoms with Crippen molar-refractivity contribution in [2.75, 3.05) is 7.11 Å². The number of benzene rings is 1. The van der Waals surface area contributed by atoms with Crippen LogP contribution in [0.2, 0.25) is 0 Å². The SMILES string of the molecule is COC(=O)c1ncn(-c2ccccc2[C@H](C)O)n1. The molecule has 18 heavy (non-hydrogen) atoms. The Morgan fingerprint density at radius 1 is 1.44 bits per heavy atom. The lowest BCUT2D eigenvalue weighted by atomic mass is 10.1. The smallest absolute Gasteiger partial charge is 0.377 e. The van der Waals surface area contributed by atoms with Crippen molar-refractivity contribution >= 4 is 5.97 Å². The van der Waals surface area contributed by atoms with Gasteiger partial charge < -0.3 is 9.84 Å². The number of hydrogen-bond acceptors (Lipinski definition) is 5. The Bertz CT molecular complexity index is 563. The van der Waals surface area contributed by atoms with Gasteiger partial charge in [0.05, 0.1) is 18.9 Å². The van der Waals surface area contributed by atoms with Crippen LogP contribution in [0.1, 0.15) is 29.2 Å². The zero-order chi connectivity index (χ0) is 13.1. The van der Waals surface area contributed by atoms with E-state index in [1.165, 1.54) is 18.1 Å². The van der Waals surface area contributed by atoms with E-state index in [4.69, 9.17) is 0 Å². The van der Waals surface area contributed by atoms with Crippen molar-refractivity contribution < 1.29 is 14.6 Å². The first-order chi connectivity index (χ1) is 8.63. The molecule has 2 aromatic rings. The molecule has 1 heterocycles. The van der Waals surface area contributed by atoms with E-state index in [2.05, 4.69) is 14.8 Å². The van der Waals surface area contributed by atoms with E-state index in [0.717, 1.165) is 0 Å². The van der Waals surface area contributed by atoms with Crippen LogP contribution in [0.15, 0.2) is 30.6 Å². The van der Waals surface area contributed by atoms with Crippen LogP contribution in [-0.2, 0) is 4.74 Å². The van der Waals surface area contributed by atoms with E-state index >= 15 is 0 Å². The number of aliphatic hydroxyl groups excluding tert-OH is 1. The lowest BCUT2D eigenvalue weighted by Gasteiger charge is -2.10. The van der Waals surface area contributed by atoms with Gasteiger partial charge in [-0.3, -0.25) is 0 Å². The Labute approximate surface area is 104 Å². The first-order valence-corrected chi connectivity index (χ1v) is 5.41. The quantitative estimate of drug-likeness (QED) is 0.822. The summed E-state index contributed by atoms with van der Waals surface area (Å²) in [6.07, 6.45) is 0.778. The van der Waals surface area contributed by atoms with E-state index in [9.17, 15) is 9.90 Å². The minimum atomic E-state index is -0.632. The molecule has 1 atom stereocenters. The third-order valence-corrected chi connectivity index (χ3v) is 2.49. The number of carbonyl (C=O) groups excluding carboxylic acids is 1. The van der Waals surface area contributed by atoms with Crippen LogP contribution in [0.3, 0.4) is 0 Å². The lowest BCUT2D eigenvalue weighted by Crippen LogP contribution is -2.07. The number of methoxy groups -OCH3 is 1. The van der Waals surface area contributed by atoms with Crippen LogP contribution < -0.4 is 0 Å². The second kappa shape index (κ2) is 4.97. The Morgan fingerprint density at radius 3 is 2.83 bits per heavy atom. The molecule has 0 bridgehead atoms. The predicted molar refractivity (Wildman–Crippen MR) is 63.3 cm³/mol. The van der Waals surface area contributed by atoms with Crippen LogP contribution in [-0.4, -0.2) is 33.0 Å². The maximum absolute atomic E-state index is 11.3. The van der Waals surface area contributed by atoms with Crippen LogP contribution in [0, 0.1) is 0 Å². The summed E-state index contributed by atoms with van der Waals surface area (Å²) in [5.41, 5.74) is 1.38. The maximum atomic E-state index is 11.3. The van der Waals surface area contributed by atoms with E-state index in [1.807, 2.05) is 12.1 Å². The third-order valence-electron chi connectivity index (χ3n) is 2.49. The second-order valence-electron chi connectivity index (χ2n) is 3.74. The standard InChI is InChI=1S/C12H13N3O3/c1-8(16)9-5-3-4-6-10(9)15-7-13-11(14-15)12(17)18-2/h3-8,16H,1-2H3/t8-/m0/s1. The zero-order valence-corrected chi connectivity index (χ0v) is 10.1. The number of ether oxygens (including phenoxy) is 1. The molecule has 0 fully saturated rings. The minimum Gasteiger partial charge on any atom is -0.463 e. The van der Waals surface area contributed by atoms with Crippen LogP contribution in [0.4, 0.5) is 0 Å². The van der Waals surface area contributed by atoms with Crippen LogP contribution >= 0.6 is 0 Å². The van der Waals surface area contributed by atoms with E-state index < -0.39 is 12.1 Å². The molecule has 2 rings (SSSR count). The molecule has 0 saturated heterocycles. The van der Waals surface area contributed by atoms with Crippen molar-refractivity contribution in [1.29, 1.82) is 0 Å². The molecule has 0 aliphatic rings. The molecule has 6 nitrogen and oxygen atoms in total. The molecular weight excluding hydrogens is 234 g/mol. The molecule has 0 spiro atoms. The maximum Gasteiger partial charge on any atom is 0.377 e. The molecule has 0 amide bonds. The number of aliphatic hydroxyl groups is 1. The summed E-state index contributed by atoms with van der Waals surface area (Å²) in [6, 6.07) is 7.22. The topological polar surface area (TPSA) is 77.2 Å². The van der Waals surface area contributed by atoms with Gasteiger partial charge in [-0.1, -0.05) is 18.2 Å². The van der Waals surface area contributed by atoms with Gasteiger partial charge in [-0.05, 0) is 13.0 Å². The Kier molecular flexibility index (Phi) is 3.38. The predicted octanol–water partition coefficient (Wildman–Crippen LogP) is 1.11. The average molecular weight is 247 g/mol. The molecule has 6 heteroatoms. The number of para-hydroxylation sites is 1. The van der Waals surface area contributed by atoms with Gasteiger partial charge >= 0.3 is 5.97 Å². The average Bonchev–Trinajstić information content (AvgIpc) is 2.87. The molecule has 94 valence electrons. The highest BCUT2D eigenvalue weighted by molar-refractivity contribution is 5.84. The molecule has 1 aromatic carbocycles. The Morgan fingerprint density at radius 2 is 2.17 bits per heavy atom. The van der Waals surface area contributed by atoms with Crippen molar-refractivity contribution in [2.45, 2.75) is 13.0 Å². The summed E-state index contributed by atoms with van der Waals surface area (Å²) in [4.78, 5) is 15.1. The van der Waals surface area contributed by atoms with Gasteiger partial charge in [0, 0.05) is 5.56 Å². The number of aromatic nitrogens is 3. The van der Waals surface area contributed by atoms with Crippen molar-refractivity contribution in [3.05, 3.63) is 42.0 Å². The van der Waals surface area contributed by atoms with E-state index in [1.54, 1.807) is 19.1 Å². The van der Waals surface area contributed by atoms with Crippen molar-refractivity contribution in [3.63, 3.8) is 0 Å². The summed E-state index contributed by atoms with van der Waals surface area (Å²) >= 11 is 0. The number of nitrogens with zero attached hydrogens (tertiary/aromatic N) is 3. The number of hydrogen-bond donors (Lipinski definition) is 1. The number of rotatable bonds is 3. The first kappa shape index (κ1) is 12.3. The molecule has 0 aliphatic heterocycles. The van der Waals surface area contributed by atoms with Crippen molar-refractivity contribution in [1.82, 2.24) is 14.8 Å². The van der Waals surface area contributed by atoms with Gasteiger partial charge in [-0.25, -0.2) is 14.5 Å². The largest absolute Gasteiger partial charge is 0.463 e. The number of esters is 1. The van der Waals surface area contributed by atoms with Crippen LogP contribution in [0.25, 0.3) is 5.69 Å². The third kappa shape index (κ3) is 2.23.